The Balaban J connectivity index is 1.88. The van der Waals surface area contributed by atoms with Crippen molar-refractivity contribution in [2.45, 2.75) is 31.8 Å². The van der Waals surface area contributed by atoms with E-state index in [1.54, 1.807) is 0 Å². The smallest absolute Gasteiger partial charge is 0.332 e. The normalized spacial score (nSPS) is 16.0. The molecule has 5 heteroatoms. The van der Waals surface area contributed by atoms with E-state index < -0.39 is 6.03 Å². The lowest BCUT2D eigenvalue weighted by Crippen LogP contribution is -2.24. The molecule has 0 aliphatic heterocycles. The topological polar surface area (TPSA) is 76.7 Å². The minimum Gasteiger partial charge on any atom is -0.490 e. The van der Waals surface area contributed by atoms with Gasteiger partial charge in [0.15, 0.2) is 0 Å². The second-order valence-electron chi connectivity index (χ2n) is 4.33. The molecule has 18 heavy (non-hydrogen) atoms. The van der Waals surface area contributed by atoms with Gasteiger partial charge in [-0.05, 0) is 55.5 Å². The van der Waals surface area contributed by atoms with E-state index in [0.717, 1.165) is 24.2 Å². The molecule has 0 bridgehead atoms. The van der Waals surface area contributed by atoms with Gasteiger partial charge in [-0.25, -0.2) is 10.2 Å². The van der Waals surface area contributed by atoms with E-state index in [9.17, 15) is 4.79 Å². The second kappa shape index (κ2) is 6.05. The lowest BCUT2D eigenvalue weighted by Gasteiger charge is -2.12. The molecule has 0 heterocycles. The zero-order valence-electron chi connectivity index (χ0n) is 10.1. The van der Waals surface area contributed by atoms with Crippen LogP contribution in [0.3, 0.4) is 0 Å². The molecule has 0 radical (unpaired) electrons. The highest BCUT2D eigenvalue weighted by Gasteiger charge is 2.15. The van der Waals surface area contributed by atoms with Crippen molar-refractivity contribution in [3.8, 4) is 5.75 Å². The minimum absolute atomic E-state index is 0.362. The number of ether oxygens (including phenoxy) is 1. The summed E-state index contributed by atoms with van der Waals surface area (Å²) in [6.07, 6.45) is 6.70. The van der Waals surface area contributed by atoms with Crippen molar-refractivity contribution in [3.05, 3.63) is 29.8 Å². The Morgan fingerprint density at radius 2 is 2.00 bits per heavy atom. The first-order valence-corrected chi connectivity index (χ1v) is 6.09. The molecule has 0 atom stereocenters. The Labute approximate surface area is 106 Å². The highest BCUT2D eigenvalue weighted by atomic mass is 16.5. The van der Waals surface area contributed by atoms with Crippen molar-refractivity contribution in [2.75, 3.05) is 0 Å². The van der Waals surface area contributed by atoms with Crippen LogP contribution >= 0.6 is 0 Å². The van der Waals surface area contributed by atoms with Gasteiger partial charge in [-0.3, -0.25) is 0 Å². The molecule has 0 spiro atoms. The summed E-state index contributed by atoms with van der Waals surface area (Å²) in [6, 6.07) is 6.91. The Hall–Kier alpha value is -2.04. The number of urea groups is 1. The summed E-state index contributed by atoms with van der Waals surface area (Å²) >= 11 is 0. The fourth-order valence-electron chi connectivity index (χ4n) is 2.00. The third kappa shape index (κ3) is 3.76. The maximum Gasteiger partial charge on any atom is 0.332 e. The van der Waals surface area contributed by atoms with Gasteiger partial charge in [0.2, 0.25) is 0 Å². The number of nitrogens with one attached hydrogen (secondary N) is 1. The molecule has 2 amide bonds. The zero-order chi connectivity index (χ0) is 12.8. The largest absolute Gasteiger partial charge is 0.490 e. The number of nitrogens with two attached hydrogens (primary N) is 1. The Morgan fingerprint density at radius 3 is 2.61 bits per heavy atom. The summed E-state index contributed by atoms with van der Waals surface area (Å²) in [5.74, 6) is 0.877. The van der Waals surface area contributed by atoms with Crippen LogP contribution in [0.5, 0.6) is 5.75 Å². The van der Waals surface area contributed by atoms with Gasteiger partial charge in [0, 0.05) is 0 Å². The predicted octanol–water partition coefficient (Wildman–Crippen LogP) is 2.01. The van der Waals surface area contributed by atoms with Gasteiger partial charge < -0.3 is 10.5 Å². The van der Waals surface area contributed by atoms with E-state index in [1.807, 2.05) is 24.3 Å². The van der Waals surface area contributed by atoms with Crippen molar-refractivity contribution in [1.82, 2.24) is 5.43 Å². The summed E-state index contributed by atoms with van der Waals surface area (Å²) in [6.45, 7) is 0. The average molecular weight is 247 g/mol. The monoisotopic (exact) mass is 247 g/mol. The molecule has 2 rings (SSSR count). The van der Waals surface area contributed by atoms with Crippen LogP contribution in [0.1, 0.15) is 31.2 Å². The number of amides is 2. The standard InChI is InChI=1S/C13H17N3O2/c14-13(17)16-15-9-10-5-7-12(8-6-10)18-11-3-1-2-4-11/h5-9,11H,1-4H2,(H3,14,16,17). The maximum absolute atomic E-state index is 10.4. The second-order valence-corrected chi connectivity index (χ2v) is 4.33. The highest BCUT2D eigenvalue weighted by Crippen LogP contribution is 2.23. The van der Waals surface area contributed by atoms with Crippen LogP contribution in [0.15, 0.2) is 29.4 Å². The first-order valence-electron chi connectivity index (χ1n) is 6.09. The molecule has 0 saturated heterocycles. The number of carbonyl (C=O) groups is 1. The molecular weight excluding hydrogens is 230 g/mol. The minimum atomic E-state index is -0.674. The molecule has 1 fully saturated rings. The van der Waals surface area contributed by atoms with E-state index in [-0.39, 0.29) is 0 Å². The molecule has 1 aliphatic rings. The van der Waals surface area contributed by atoms with Gasteiger partial charge in [-0.15, -0.1) is 0 Å². The molecule has 1 aromatic carbocycles. The number of hydrogen-bond donors (Lipinski definition) is 2. The molecule has 5 nitrogen and oxygen atoms in total. The summed E-state index contributed by atoms with van der Waals surface area (Å²) in [4.78, 5) is 10.4. The van der Waals surface area contributed by atoms with Crippen molar-refractivity contribution in [1.29, 1.82) is 0 Å². The van der Waals surface area contributed by atoms with Crippen LogP contribution in [0, 0.1) is 0 Å². The Kier molecular flexibility index (Phi) is 4.17. The van der Waals surface area contributed by atoms with Crippen molar-refractivity contribution >= 4 is 12.2 Å². The van der Waals surface area contributed by atoms with Crippen LogP contribution < -0.4 is 15.9 Å². The highest BCUT2D eigenvalue weighted by molar-refractivity contribution is 5.81. The number of benzene rings is 1. The summed E-state index contributed by atoms with van der Waals surface area (Å²) in [5.41, 5.74) is 7.91. The molecular formula is C13H17N3O2. The number of primary amides is 1. The fourth-order valence-corrected chi connectivity index (χ4v) is 2.00. The van der Waals surface area contributed by atoms with Crippen LogP contribution in [0.2, 0.25) is 0 Å². The molecule has 3 N–H and O–H groups in total. The summed E-state index contributed by atoms with van der Waals surface area (Å²) < 4.78 is 5.84. The first-order chi connectivity index (χ1) is 8.74. The summed E-state index contributed by atoms with van der Waals surface area (Å²) in [7, 11) is 0. The van der Waals surface area contributed by atoms with Gasteiger partial charge >= 0.3 is 6.03 Å². The maximum atomic E-state index is 10.4. The lowest BCUT2D eigenvalue weighted by molar-refractivity contribution is 0.210. The molecule has 1 aromatic rings. The number of hydrogen-bond acceptors (Lipinski definition) is 3. The van der Waals surface area contributed by atoms with Gasteiger partial charge in [0.1, 0.15) is 5.75 Å². The quantitative estimate of drug-likeness (QED) is 0.630. The van der Waals surface area contributed by atoms with Crippen molar-refractivity contribution in [3.63, 3.8) is 0 Å². The van der Waals surface area contributed by atoms with E-state index in [2.05, 4.69) is 10.5 Å². The Bertz CT molecular complexity index is 422. The number of rotatable bonds is 4. The fraction of sp³-hybridized carbons (Fsp3) is 0.385. The molecule has 0 unspecified atom stereocenters. The number of carbonyl (C=O) groups excluding carboxylic acids is 1. The van der Waals surface area contributed by atoms with Crippen LogP contribution in [-0.4, -0.2) is 18.3 Å². The van der Waals surface area contributed by atoms with Crippen molar-refractivity contribution in [2.24, 2.45) is 10.8 Å². The zero-order valence-corrected chi connectivity index (χ0v) is 10.1. The van der Waals surface area contributed by atoms with Crippen LogP contribution in [0.4, 0.5) is 4.79 Å². The van der Waals surface area contributed by atoms with Gasteiger partial charge in [-0.2, -0.15) is 5.10 Å². The number of nitrogens with zero attached hydrogens (tertiary/aromatic N) is 1. The van der Waals surface area contributed by atoms with Gasteiger partial charge in [-0.1, -0.05) is 0 Å². The first kappa shape index (κ1) is 12.4. The van der Waals surface area contributed by atoms with Crippen molar-refractivity contribution < 1.29 is 9.53 Å². The molecule has 1 aliphatic carbocycles. The third-order valence-corrected chi connectivity index (χ3v) is 2.87. The van der Waals surface area contributed by atoms with E-state index in [4.69, 9.17) is 10.5 Å². The molecule has 0 aromatic heterocycles. The lowest BCUT2D eigenvalue weighted by atomic mass is 10.2. The van der Waals surface area contributed by atoms with Gasteiger partial charge in [0.25, 0.3) is 0 Å². The molecule has 1 saturated carbocycles. The average Bonchev–Trinajstić information content (AvgIpc) is 2.84. The number of hydrazone groups is 1. The van der Waals surface area contributed by atoms with E-state index >= 15 is 0 Å². The van der Waals surface area contributed by atoms with E-state index in [1.165, 1.54) is 19.1 Å². The SMILES string of the molecule is NC(=O)NN=Cc1ccc(OC2CCCC2)cc1. The van der Waals surface area contributed by atoms with Crippen LogP contribution in [0.25, 0.3) is 0 Å². The predicted molar refractivity (Wildman–Crippen MR) is 69.6 cm³/mol. The third-order valence-electron chi connectivity index (χ3n) is 2.87. The summed E-state index contributed by atoms with van der Waals surface area (Å²) in [5, 5.41) is 3.68. The van der Waals surface area contributed by atoms with E-state index in [0.29, 0.717) is 6.10 Å². The molecule has 96 valence electrons. The van der Waals surface area contributed by atoms with Crippen LogP contribution in [-0.2, 0) is 0 Å². The van der Waals surface area contributed by atoms with Gasteiger partial charge in [0.05, 0.1) is 12.3 Å². The Morgan fingerprint density at radius 1 is 1.33 bits per heavy atom.